The normalized spacial score (nSPS) is 10.5. The number of carbonyl (C=O) groups is 2. The molecule has 0 bridgehead atoms. The summed E-state index contributed by atoms with van der Waals surface area (Å²) in [6.45, 7) is 8.26. The van der Waals surface area contributed by atoms with Crippen LogP contribution in [0.15, 0.2) is 36.4 Å². The first-order chi connectivity index (χ1) is 12.3. The molecule has 2 aromatic rings. The van der Waals surface area contributed by atoms with Crippen molar-refractivity contribution in [1.29, 1.82) is 0 Å². The topological polar surface area (TPSA) is 49.4 Å². The Morgan fingerprint density at radius 1 is 1.08 bits per heavy atom. The van der Waals surface area contributed by atoms with Gasteiger partial charge in [-0.15, -0.1) is 0 Å². The number of nitrogens with zero attached hydrogens (tertiary/aromatic N) is 1. The van der Waals surface area contributed by atoms with Crippen LogP contribution in [0.5, 0.6) is 0 Å². The summed E-state index contributed by atoms with van der Waals surface area (Å²) < 4.78 is 0. The van der Waals surface area contributed by atoms with E-state index in [0.29, 0.717) is 23.8 Å². The molecule has 0 fully saturated rings. The molecule has 0 saturated carbocycles. The summed E-state index contributed by atoms with van der Waals surface area (Å²) in [6.07, 6.45) is 0.217. The second-order valence-corrected chi connectivity index (χ2v) is 7.07. The van der Waals surface area contributed by atoms with Crippen LogP contribution in [0, 0.1) is 20.8 Å². The molecule has 0 unspecified atom stereocenters. The molecule has 2 amide bonds. The van der Waals surface area contributed by atoms with Gasteiger partial charge < -0.3 is 10.2 Å². The lowest BCUT2D eigenvalue weighted by molar-refractivity contribution is -0.129. The highest BCUT2D eigenvalue weighted by molar-refractivity contribution is 6.34. The summed E-state index contributed by atoms with van der Waals surface area (Å²) in [6, 6.07) is 11.8. The molecule has 0 aromatic heterocycles. The molecule has 1 N–H and O–H groups in total. The van der Waals surface area contributed by atoms with E-state index in [-0.39, 0.29) is 18.2 Å². The van der Waals surface area contributed by atoms with Gasteiger partial charge in [0, 0.05) is 26.4 Å². The van der Waals surface area contributed by atoms with Crippen LogP contribution in [0.3, 0.4) is 0 Å². The molecule has 0 atom stereocenters. The molecule has 0 heterocycles. The van der Waals surface area contributed by atoms with Gasteiger partial charge in [-0.05, 0) is 43.5 Å². The number of amides is 2. The molecule has 2 aromatic carbocycles. The Morgan fingerprint density at radius 2 is 1.81 bits per heavy atom. The van der Waals surface area contributed by atoms with E-state index in [1.807, 2.05) is 57.2 Å². The van der Waals surface area contributed by atoms with Gasteiger partial charge in [0.25, 0.3) is 0 Å². The standard InChI is InChI=1S/C21H25ClN2O2/c1-14-6-5-7-18(11-14)13-24(17(4)25)9-8-20(26)23-21-16(3)10-15(2)12-19(21)22/h5-7,10-12H,8-9,13H2,1-4H3,(H,23,26). The molecule has 0 saturated heterocycles. The van der Waals surface area contributed by atoms with Crippen molar-refractivity contribution in [2.24, 2.45) is 0 Å². The number of benzene rings is 2. The molecule has 0 aliphatic rings. The van der Waals surface area contributed by atoms with E-state index in [9.17, 15) is 9.59 Å². The van der Waals surface area contributed by atoms with Gasteiger partial charge in [0.2, 0.25) is 11.8 Å². The summed E-state index contributed by atoms with van der Waals surface area (Å²) in [5.41, 5.74) is 4.81. The highest BCUT2D eigenvalue weighted by atomic mass is 35.5. The fourth-order valence-electron chi connectivity index (χ4n) is 2.89. The van der Waals surface area contributed by atoms with Crippen LogP contribution in [0.25, 0.3) is 0 Å². The van der Waals surface area contributed by atoms with E-state index in [1.54, 1.807) is 4.90 Å². The van der Waals surface area contributed by atoms with Crippen LogP contribution >= 0.6 is 11.6 Å². The molecular formula is C21H25ClN2O2. The summed E-state index contributed by atoms with van der Waals surface area (Å²) in [5, 5.41) is 3.39. The second kappa shape index (κ2) is 8.86. The van der Waals surface area contributed by atoms with Crippen LogP contribution in [-0.4, -0.2) is 23.3 Å². The van der Waals surface area contributed by atoms with E-state index < -0.39 is 0 Å². The molecule has 0 aliphatic heterocycles. The van der Waals surface area contributed by atoms with E-state index in [0.717, 1.165) is 22.3 Å². The number of nitrogens with one attached hydrogen (secondary N) is 1. The third kappa shape index (κ3) is 5.60. The Balaban J connectivity index is 1.98. The number of halogens is 1. The molecule has 2 rings (SSSR count). The molecule has 0 radical (unpaired) electrons. The number of hydrogen-bond donors (Lipinski definition) is 1. The van der Waals surface area contributed by atoms with E-state index >= 15 is 0 Å². The minimum atomic E-state index is -0.158. The Bertz CT molecular complexity index is 794. The third-order valence-corrected chi connectivity index (χ3v) is 4.50. The SMILES string of the molecule is CC(=O)N(CCC(=O)Nc1c(C)cc(C)cc1Cl)Cc1cccc(C)c1. The predicted octanol–water partition coefficient (Wildman–Crippen LogP) is 4.64. The molecular weight excluding hydrogens is 348 g/mol. The maximum Gasteiger partial charge on any atom is 0.226 e. The number of aryl methyl sites for hydroxylation is 3. The van der Waals surface area contributed by atoms with Gasteiger partial charge in [0.1, 0.15) is 0 Å². The number of carbonyl (C=O) groups excluding carboxylic acids is 2. The molecule has 5 heteroatoms. The summed E-state index contributed by atoms with van der Waals surface area (Å²) >= 11 is 6.23. The maximum absolute atomic E-state index is 12.3. The third-order valence-electron chi connectivity index (χ3n) is 4.21. The average molecular weight is 373 g/mol. The fourth-order valence-corrected chi connectivity index (χ4v) is 3.26. The lowest BCUT2D eigenvalue weighted by Gasteiger charge is -2.21. The Labute approximate surface area is 160 Å². The minimum absolute atomic E-state index is 0.0520. The van der Waals surface area contributed by atoms with E-state index in [2.05, 4.69) is 5.32 Å². The van der Waals surface area contributed by atoms with Crippen LogP contribution in [0.4, 0.5) is 5.69 Å². The van der Waals surface area contributed by atoms with Crippen molar-refractivity contribution in [2.45, 2.75) is 40.7 Å². The van der Waals surface area contributed by atoms with Crippen LogP contribution in [-0.2, 0) is 16.1 Å². The van der Waals surface area contributed by atoms with Crippen LogP contribution < -0.4 is 5.32 Å². The van der Waals surface area contributed by atoms with Crippen LogP contribution in [0.1, 0.15) is 35.6 Å². The summed E-state index contributed by atoms with van der Waals surface area (Å²) in [5.74, 6) is -0.210. The number of anilines is 1. The molecule has 26 heavy (non-hydrogen) atoms. The Hall–Kier alpha value is -2.33. The zero-order valence-electron chi connectivity index (χ0n) is 15.7. The Morgan fingerprint density at radius 3 is 2.42 bits per heavy atom. The van der Waals surface area contributed by atoms with Gasteiger partial charge in [0.15, 0.2) is 0 Å². The first kappa shape index (κ1) is 20.0. The van der Waals surface area contributed by atoms with Crippen molar-refractivity contribution >= 4 is 29.1 Å². The largest absolute Gasteiger partial charge is 0.338 e. The van der Waals surface area contributed by atoms with Crippen molar-refractivity contribution in [2.75, 3.05) is 11.9 Å². The molecule has 138 valence electrons. The second-order valence-electron chi connectivity index (χ2n) is 6.67. The van der Waals surface area contributed by atoms with Gasteiger partial charge >= 0.3 is 0 Å². The van der Waals surface area contributed by atoms with E-state index in [4.69, 9.17) is 11.6 Å². The molecule has 0 aliphatic carbocycles. The maximum atomic E-state index is 12.3. The average Bonchev–Trinajstić information content (AvgIpc) is 2.54. The summed E-state index contributed by atoms with van der Waals surface area (Å²) in [4.78, 5) is 25.9. The summed E-state index contributed by atoms with van der Waals surface area (Å²) in [7, 11) is 0. The van der Waals surface area contributed by atoms with Gasteiger partial charge in [-0.2, -0.15) is 0 Å². The number of hydrogen-bond acceptors (Lipinski definition) is 2. The lowest BCUT2D eigenvalue weighted by Crippen LogP contribution is -2.31. The lowest BCUT2D eigenvalue weighted by atomic mass is 10.1. The quantitative estimate of drug-likeness (QED) is 0.802. The number of rotatable bonds is 6. The van der Waals surface area contributed by atoms with Gasteiger partial charge in [-0.25, -0.2) is 0 Å². The Kier molecular flexibility index (Phi) is 6.81. The van der Waals surface area contributed by atoms with Crippen molar-refractivity contribution in [1.82, 2.24) is 4.90 Å². The van der Waals surface area contributed by atoms with Crippen molar-refractivity contribution in [3.63, 3.8) is 0 Å². The fraction of sp³-hybridized carbons (Fsp3) is 0.333. The molecule has 0 spiro atoms. The zero-order chi connectivity index (χ0) is 19.3. The monoisotopic (exact) mass is 372 g/mol. The van der Waals surface area contributed by atoms with Crippen LogP contribution in [0.2, 0.25) is 5.02 Å². The van der Waals surface area contributed by atoms with Gasteiger partial charge in [-0.1, -0.05) is 47.5 Å². The van der Waals surface area contributed by atoms with Gasteiger partial charge in [-0.3, -0.25) is 9.59 Å². The minimum Gasteiger partial charge on any atom is -0.338 e. The van der Waals surface area contributed by atoms with Crippen molar-refractivity contribution < 1.29 is 9.59 Å². The van der Waals surface area contributed by atoms with Gasteiger partial charge in [0.05, 0.1) is 10.7 Å². The van der Waals surface area contributed by atoms with Crippen molar-refractivity contribution in [3.8, 4) is 0 Å². The van der Waals surface area contributed by atoms with E-state index in [1.165, 1.54) is 6.92 Å². The highest BCUT2D eigenvalue weighted by Crippen LogP contribution is 2.27. The first-order valence-electron chi connectivity index (χ1n) is 8.64. The highest BCUT2D eigenvalue weighted by Gasteiger charge is 2.14. The molecule has 4 nitrogen and oxygen atoms in total. The smallest absolute Gasteiger partial charge is 0.226 e. The first-order valence-corrected chi connectivity index (χ1v) is 9.01. The zero-order valence-corrected chi connectivity index (χ0v) is 16.5. The van der Waals surface area contributed by atoms with Crippen molar-refractivity contribution in [3.05, 3.63) is 63.7 Å². The predicted molar refractivity (Wildman–Crippen MR) is 106 cm³/mol.